The molecular formula is C39H64O15. The van der Waals surface area contributed by atoms with E-state index in [0.29, 0.717) is 43.1 Å². The van der Waals surface area contributed by atoms with Gasteiger partial charge in [-0.2, -0.15) is 0 Å². The molecule has 0 amide bonds. The second-order valence-electron chi connectivity index (χ2n) is 18.9. The number of fused-ring (bicyclic) bond motifs is 7. The molecule has 0 unspecified atom stereocenters. The first-order chi connectivity index (χ1) is 25.5. The Bertz CT molecular complexity index is 1340. The van der Waals surface area contributed by atoms with Crippen molar-refractivity contribution in [3.05, 3.63) is 0 Å². The van der Waals surface area contributed by atoms with Crippen molar-refractivity contribution in [2.45, 2.75) is 171 Å². The van der Waals surface area contributed by atoms with Crippen molar-refractivity contribution in [1.29, 1.82) is 0 Å². The second-order valence-corrected chi connectivity index (χ2v) is 18.9. The van der Waals surface area contributed by atoms with Crippen LogP contribution >= 0.6 is 0 Å². The summed E-state index contributed by atoms with van der Waals surface area (Å²) in [5, 5.41) is 94.6. The van der Waals surface area contributed by atoms with Crippen LogP contribution in [0.25, 0.3) is 0 Å². The fraction of sp³-hybridized carbons (Fsp3) is 1.00. The fourth-order valence-corrected chi connectivity index (χ4v) is 13.2. The summed E-state index contributed by atoms with van der Waals surface area (Å²) >= 11 is 0. The van der Waals surface area contributed by atoms with Gasteiger partial charge in [0.2, 0.25) is 0 Å². The molecule has 0 radical (unpaired) electrons. The van der Waals surface area contributed by atoms with Gasteiger partial charge in [0.25, 0.3) is 0 Å². The van der Waals surface area contributed by atoms with E-state index in [0.717, 1.165) is 38.5 Å². The molecule has 54 heavy (non-hydrogen) atoms. The Hall–Kier alpha value is -0.600. The number of aliphatic hydroxyl groups excluding tert-OH is 9. The van der Waals surface area contributed by atoms with E-state index in [4.69, 9.17) is 28.4 Å². The van der Waals surface area contributed by atoms with Gasteiger partial charge in [0.05, 0.1) is 44.2 Å². The van der Waals surface area contributed by atoms with Gasteiger partial charge < -0.3 is 74.4 Å². The van der Waals surface area contributed by atoms with Crippen LogP contribution in [0.15, 0.2) is 0 Å². The monoisotopic (exact) mass is 772 g/mol. The van der Waals surface area contributed by atoms with E-state index in [1.807, 2.05) is 6.92 Å². The highest BCUT2D eigenvalue weighted by atomic mass is 16.7. The zero-order chi connectivity index (χ0) is 38.6. The predicted molar refractivity (Wildman–Crippen MR) is 186 cm³/mol. The number of hydrogen-bond acceptors (Lipinski definition) is 15. The van der Waals surface area contributed by atoms with Gasteiger partial charge in [0.1, 0.15) is 48.8 Å². The Balaban J connectivity index is 0.935. The van der Waals surface area contributed by atoms with Gasteiger partial charge in [0.15, 0.2) is 18.4 Å². The van der Waals surface area contributed by atoms with Crippen molar-refractivity contribution in [3.8, 4) is 0 Å². The van der Waals surface area contributed by atoms with Gasteiger partial charge in [-0.15, -0.1) is 0 Å². The summed E-state index contributed by atoms with van der Waals surface area (Å²) in [6.45, 7) is 8.20. The highest BCUT2D eigenvalue weighted by molar-refractivity contribution is 5.16. The van der Waals surface area contributed by atoms with Crippen LogP contribution in [-0.2, 0) is 28.4 Å². The van der Waals surface area contributed by atoms with Crippen LogP contribution < -0.4 is 0 Å². The first-order valence-corrected chi connectivity index (χ1v) is 20.5. The number of hydrogen-bond donors (Lipinski definition) is 9. The third-order valence-corrected chi connectivity index (χ3v) is 16.4. The van der Waals surface area contributed by atoms with Crippen molar-refractivity contribution in [3.63, 3.8) is 0 Å². The van der Waals surface area contributed by atoms with Crippen LogP contribution in [0.3, 0.4) is 0 Å². The standard InChI is InChI=1S/C39H64O15/c1-16-14-50-39(12-24(16)51-36-34(48)32(46)30(44)26(53-36)15-49-35-33(47)31(45)29(43)25(13-40)52-35)17(2)28-23(54-39)11-22-20-6-5-18-9-19(41)10-27(42)38(18,4)21(20)7-8-37(22,28)3/h16-36,40-48H,5-15H2,1-4H3/t16-,17-,18-,19+,20+,21-,22-,23-,24-,25-,26-,27-,28-,29-,30-,31+,32+,33-,34-,35-,36-,37-,38-,39+/m0/s1. The smallest absolute Gasteiger partial charge is 0.186 e. The largest absolute Gasteiger partial charge is 0.394 e. The Kier molecular flexibility index (Phi) is 10.9. The molecule has 4 heterocycles. The molecule has 4 saturated carbocycles. The van der Waals surface area contributed by atoms with Crippen LogP contribution in [0.4, 0.5) is 0 Å². The van der Waals surface area contributed by atoms with E-state index in [-0.39, 0.29) is 34.7 Å². The lowest BCUT2D eigenvalue weighted by atomic mass is 9.43. The van der Waals surface area contributed by atoms with Gasteiger partial charge in [-0.05, 0) is 85.4 Å². The summed E-state index contributed by atoms with van der Waals surface area (Å²) in [6, 6.07) is 0. The SMILES string of the molecule is C[C@H]1CO[C@]2(C[C@@H]1O[C@H]1O[C@@H](CO[C@H]3O[C@@H](CO)[C@H](O)[C@@H](O)[C@@H]3O)[C@H](O)[C@@H](O)[C@@H]1O)O[C@H]1C[C@H]3[C@@H]4CC[C@H]5C[C@@H](O)C[C@H](O)[C@]5(C)[C@H]4CC[C@]3(C)[C@H]1[C@@H]2C. The second kappa shape index (κ2) is 14.6. The molecule has 8 fully saturated rings. The first-order valence-electron chi connectivity index (χ1n) is 20.5. The van der Waals surface area contributed by atoms with Gasteiger partial charge >= 0.3 is 0 Å². The van der Waals surface area contributed by atoms with Crippen molar-refractivity contribution in [2.75, 3.05) is 19.8 Å². The van der Waals surface area contributed by atoms with Crippen molar-refractivity contribution in [2.24, 2.45) is 52.3 Å². The molecule has 9 N–H and O–H groups in total. The minimum absolute atomic E-state index is 0.00359. The summed E-state index contributed by atoms with van der Waals surface area (Å²) in [5.41, 5.74) is -0.139. The van der Waals surface area contributed by atoms with E-state index in [2.05, 4.69) is 20.8 Å². The minimum Gasteiger partial charge on any atom is -0.394 e. The molecule has 15 nitrogen and oxygen atoms in total. The topological polar surface area (TPSA) is 237 Å². The Labute approximate surface area is 316 Å². The molecule has 1 spiro atoms. The third-order valence-electron chi connectivity index (χ3n) is 16.4. The molecule has 4 aliphatic heterocycles. The van der Waals surface area contributed by atoms with Crippen LogP contribution in [0.2, 0.25) is 0 Å². The zero-order valence-corrected chi connectivity index (χ0v) is 31.9. The maximum absolute atomic E-state index is 11.4. The van der Waals surface area contributed by atoms with E-state index >= 15 is 0 Å². The first kappa shape index (κ1) is 40.2. The van der Waals surface area contributed by atoms with Crippen molar-refractivity contribution >= 4 is 0 Å². The van der Waals surface area contributed by atoms with Crippen LogP contribution in [0.1, 0.15) is 79.1 Å². The van der Waals surface area contributed by atoms with Crippen molar-refractivity contribution < 1.29 is 74.4 Å². The molecule has 4 aliphatic carbocycles. The lowest BCUT2D eigenvalue weighted by Gasteiger charge is -2.62. The van der Waals surface area contributed by atoms with Gasteiger partial charge in [-0.25, -0.2) is 0 Å². The molecule has 24 atom stereocenters. The summed E-state index contributed by atoms with van der Waals surface area (Å²) in [7, 11) is 0. The molecule has 15 heteroatoms. The van der Waals surface area contributed by atoms with Gasteiger partial charge in [0, 0.05) is 18.3 Å². The predicted octanol–water partition coefficient (Wildman–Crippen LogP) is -0.616. The van der Waals surface area contributed by atoms with E-state index in [9.17, 15) is 46.0 Å². The maximum atomic E-state index is 11.4. The molecule has 0 aromatic carbocycles. The Morgan fingerprint density at radius 3 is 2.15 bits per heavy atom. The molecule has 0 aromatic rings. The van der Waals surface area contributed by atoms with Gasteiger partial charge in [-0.3, -0.25) is 0 Å². The van der Waals surface area contributed by atoms with E-state index in [1.54, 1.807) is 0 Å². The highest BCUT2D eigenvalue weighted by Crippen LogP contribution is 2.71. The number of ether oxygens (including phenoxy) is 6. The molecule has 310 valence electrons. The summed E-state index contributed by atoms with van der Waals surface area (Å²) in [5.74, 6) is 1.01. The van der Waals surface area contributed by atoms with E-state index in [1.165, 1.54) is 0 Å². The number of aliphatic hydroxyl groups is 9. The molecule has 8 rings (SSSR count). The van der Waals surface area contributed by atoms with Crippen LogP contribution in [0.5, 0.6) is 0 Å². The summed E-state index contributed by atoms with van der Waals surface area (Å²) < 4.78 is 37.1. The molecule has 8 aliphatic rings. The Morgan fingerprint density at radius 2 is 1.43 bits per heavy atom. The minimum atomic E-state index is -1.66. The normalized spacial score (nSPS) is 60.1. The lowest BCUT2D eigenvalue weighted by molar-refractivity contribution is -0.353. The quantitative estimate of drug-likeness (QED) is 0.164. The molecule has 4 saturated heterocycles. The van der Waals surface area contributed by atoms with Crippen molar-refractivity contribution in [1.82, 2.24) is 0 Å². The van der Waals surface area contributed by atoms with Crippen LogP contribution in [0, 0.1) is 52.3 Å². The fourth-order valence-electron chi connectivity index (χ4n) is 13.2. The molecule has 0 bridgehead atoms. The lowest BCUT2D eigenvalue weighted by Crippen LogP contribution is -2.62. The molecular weight excluding hydrogens is 708 g/mol. The summed E-state index contributed by atoms with van der Waals surface area (Å²) in [6.07, 6.45) is -9.55. The van der Waals surface area contributed by atoms with Gasteiger partial charge in [-0.1, -0.05) is 27.7 Å². The highest BCUT2D eigenvalue weighted by Gasteiger charge is 2.70. The average Bonchev–Trinajstić information content (AvgIpc) is 3.58. The van der Waals surface area contributed by atoms with E-state index < -0.39 is 98.7 Å². The summed E-state index contributed by atoms with van der Waals surface area (Å²) in [4.78, 5) is 0. The maximum Gasteiger partial charge on any atom is 0.186 e. The Morgan fingerprint density at radius 1 is 0.741 bits per heavy atom. The third kappa shape index (κ3) is 6.18. The number of rotatable bonds is 6. The average molecular weight is 773 g/mol. The van der Waals surface area contributed by atoms with Crippen LogP contribution in [-0.4, -0.2) is 157 Å². The molecule has 0 aromatic heterocycles. The zero-order valence-electron chi connectivity index (χ0n) is 31.9.